The maximum atomic E-state index is 11.1. The van der Waals surface area contributed by atoms with E-state index in [1.54, 1.807) is 6.92 Å². The third kappa shape index (κ3) is 3.94. The largest absolute Gasteiger partial charge is 0.428 e. The maximum absolute atomic E-state index is 11.1. The number of carbonyl (C=O) groups excluding carboxylic acids is 3. The summed E-state index contributed by atoms with van der Waals surface area (Å²) in [6.45, 7) is 2.06. The Labute approximate surface area is 97.1 Å². The summed E-state index contributed by atoms with van der Waals surface area (Å²) in [5.74, 6) is -0.102. The van der Waals surface area contributed by atoms with E-state index in [9.17, 15) is 14.4 Å². The van der Waals surface area contributed by atoms with Gasteiger partial charge in [-0.2, -0.15) is 0 Å². The van der Waals surface area contributed by atoms with Gasteiger partial charge < -0.3 is 14.2 Å². The highest BCUT2D eigenvalue weighted by molar-refractivity contribution is 5.72. The Bertz CT molecular complexity index is 398. The van der Waals surface area contributed by atoms with Crippen LogP contribution in [0.5, 0.6) is 17.2 Å². The zero-order chi connectivity index (χ0) is 12.7. The van der Waals surface area contributed by atoms with Crippen molar-refractivity contribution >= 4 is 18.9 Å². The summed E-state index contributed by atoms with van der Waals surface area (Å²) in [6.07, 6.45) is 0.197. The molecule has 0 heterocycles. The first-order chi connectivity index (χ1) is 8.19. The minimum Gasteiger partial charge on any atom is -0.428 e. The lowest BCUT2D eigenvalue weighted by atomic mass is 10.3. The summed E-state index contributed by atoms with van der Waals surface area (Å²) < 4.78 is 14.1. The molecule has 0 saturated carbocycles. The Morgan fingerprint density at radius 3 is 1.94 bits per heavy atom. The Hall–Kier alpha value is -2.37. The first-order valence-corrected chi connectivity index (χ1v) is 4.76. The van der Waals surface area contributed by atoms with Crippen LogP contribution >= 0.6 is 0 Å². The molecule has 6 nitrogen and oxygen atoms in total. The Balaban J connectivity index is 2.97. The van der Waals surface area contributed by atoms with Gasteiger partial charge in [-0.05, 0) is 0 Å². The minimum atomic E-state index is -0.453. The van der Waals surface area contributed by atoms with Crippen LogP contribution in [0.2, 0.25) is 0 Å². The van der Waals surface area contributed by atoms with Gasteiger partial charge in [-0.3, -0.25) is 14.4 Å². The summed E-state index contributed by atoms with van der Waals surface area (Å²) in [4.78, 5) is 31.5. The summed E-state index contributed by atoms with van der Waals surface area (Å²) in [7, 11) is 0. The molecule has 6 heteroatoms. The van der Waals surface area contributed by atoms with Crippen LogP contribution in [0.25, 0.3) is 0 Å². The Kier molecular flexibility index (Phi) is 4.68. The molecular formula is C11H10O6. The zero-order valence-corrected chi connectivity index (χ0v) is 9.04. The highest BCUT2D eigenvalue weighted by Crippen LogP contribution is 2.27. The average Bonchev–Trinajstić information content (AvgIpc) is 2.29. The lowest BCUT2D eigenvalue weighted by Crippen LogP contribution is -2.06. The molecule has 0 aliphatic rings. The molecule has 1 aromatic carbocycles. The summed E-state index contributed by atoms with van der Waals surface area (Å²) in [5.41, 5.74) is 0. The molecule has 90 valence electrons. The second-order valence-corrected chi connectivity index (χ2v) is 2.90. The molecule has 0 bridgehead atoms. The van der Waals surface area contributed by atoms with Gasteiger partial charge in [-0.25, -0.2) is 0 Å². The van der Waals surface area contributed by atoms with Gasteiger partial charge in [0.15, 0.2) is 0 Å². The summed E-state index contributed by atoms with van der Waals surface area (Å²) >= 11 is 0. The lowest BCUT2D eigenvalue weighted by molar-refractivity contribution is -0.134. The molecule has 0 fully saturated rings. The van der Waals surface area contributed by atoms with Crippen LogP contribution < -0.4 is 14.2 Å². The van der Waals surface area contributed by atoms with Crippen LogP contribution in [0.1, 0.15) is 13.3 Å². The SMILES string of the molecule is CCC(=O)Oc1cc(OC=O)cc(OC=O)c1. The molecule has 0 unspecified atom stereocenters. The Morgan fingerprint density at radius 2 is 1.53 bits per heavy atom. The fourth-order valence-electron chi connectivity index (χ4n) is 1.06. The Morgan fingerprint density at radius 1 is 1.06 bits per heavy atom. The van der Waals surface area contributed by atoms with Crippen LogP contribution in [-0.4, -0.2) is 18.9 Å². The predicted molar refractivity (Wildman–Crippen MR) is 55.8 cm³/mol. The van der Waals surface area contributed by atoms with Gasteiger partial charge in [0.25, 0.3) is 12.9 Å². The number of hydrogen-bond acceptors (Lipinski definition) is 6. The van der Waals surface area contributed by atoms with Crippen molar-refractivity contribution in [1.29, 1.82) is 0 Å². The highest BCUT2D eigenvalue weighted by Gasteiger charge is 2.07. The topological polar surface area (TPSA) is 78.9 Å². The number of carbonyl (C=O) groups is 3. The fraction of sp³-hybridized carbons (Fsp3) is 0.182. The molecule has 1 aromatic rings. The fourth-order valence-corrected chi connectivity index (χ4v) is 1.06. The van der Waals surface area contributed by atoms with Crippen molar-refractivity contribution in [3.05, 3.63) is 18.2 Å². The van der Waals surface area contributed by atoms with E-state index in [4.69, 9.17) is 4.74 Å². The lowest BCUT2D eigenvalue weighted by Gasteiger charge is -2.06. The zero-order valence-electron chi connectivity index (χ0n) is 9.04. The van der Waals surface area contributed by atoms with E-state index in [-0.39, 0.29) is 36.6 Å². The summed E-state index contributed by atoms with van der Waals surface area (Å²) in [5, 5.41) is 0. The first kappa shape index (κ1) is 12.7. The van der Waals surface area contributed by atoms with E-state index in [0.717, 1.165) is 0 Å². The molecule has 17 heavy (non-hydrogen) atoms. The van der Waals surface area contributed by atoms with Crippen molar-refractivity contribution in [2.24, 2.45) is 0 Å². The van der Waals surface area contributed by atoms with Gasteiger partial charge in [-0.15, -0.1) is 0 Å². The van der Waals surface area contributed by atoms with Crippen molar-refractivity contribution in [2.75, 3.05) is 0 Å². The normalized spacial score (nSPS) is 9.24. The second kappa shape index (κ2) is 6.26. The van der Waals surface area contributed by atoms with Crippen molar-refractivity contribution in [1.82, 2.24) is 0 Å². The van der Waals surface area contributed by atoms with Crippen molar-refractivity contribution in [3.63, 3.8) is 0 Å². The van der Waals surface area contributed by atoms with Crippen molar-refractivity contribution < 1.29 is 28.6 Å². The summed E-state index contributed by atoms with van der Waals surface area (Å²) in [6, 6.07) is 3.98. The standard InChI is InChI=1S/C11H10O6/c1-2-11(14)17-10-4-8(15-6-12)3-9(5-10)16-7-13/h3-7H,2H2,1H3. The number of rotatable bonds is 6. The monoisotopic (exact) mass is 238 g/mol. The molecule has 0 N–H and O–H groups in total. The number of benzene rings is 1. The van der Waals surface area contributed by atoms with Crippen LogP contribution in [0.3, 0.4) is 0 Å². The number of hydrogen-bond donors (Lipinski definition) is 0. The van der Waals surface area contributed by atoms with Crippen LogP contribution in [0.15, 0.2) is 18.2 Å². The van der Waals surface area contributed by atoms with Gasteiger partial charge in [0.2, 0.25) is 0 Å². The molecule has 0 spiro atoms. The van der Waals surface area contributed by atoms with Crippen LogP contribution in [0.4, 0.5) is 0 Å². The van der Waals surface area contributed by atoms with Gasteiger partial charge >= 0.3 is 5.97 Å². The van der Waals surface area contributed by atoms with Crippen LogP contribution in [-0.2, 0) is 14.4 Å². The van der Waals surface area contributed by atoms with Gasteiger partial charge in [0, 0.05) is 24.6 Å². The van der Waals surface area contributed by atoms with Crippen LogP contribution in [0, 0.1) is 0 Å². The molecule has 0 atom stereocenters. The van der Waals surface area contributed by atoms with E-state index in [0.29, 0.717) is 0 Å². The second-order valence-electron chi connectivity index (χ2n) is 2.90. The van der Waals surface area contributed by atoms with Gasteiger partial charge in [-0.1, -0.05) is 6.92 Å². The predicted octanol–water partition coefficient (Wildman–Crippen LogP) is 1.07. The first-order valence-electron chi connectivity index (χ1n) is 4.76. The number of ether oxygens (including phenoxy) is 3. The van der Waals surface area contributed by atoms with E-state index in [1.807, 2.05) is 0 Å². The van der Waals surface area contributed by atoms with E-state index in [1.165, 1.54) is 18.2 Å². The van der Waals surface area contributed by atoms with Gasteiger partial charge in [0.05, 0.1) is 0 Å². The van der Waals surface area contributed by atoms with Gasteiger partial charge in [0.1, 0.15) is 17.2 Å². The molecule has 0 saturated heterocycles. The molecule has 1 rings (SSSR count). The molecular weight excluding hydrogens is 228 g/mol. The molecule has 0 aliphatic carbocycles. The third-order valence-electron chi connectivity index (χ3n) is 1.74. The molecule has 0 aromatic heterocycles. The molecule has 0 amide bonds. The third-order valence-corrected chi connectivity index (χ3v) is 1.74. The molecule has 0 aliphatic heterocycles. The number of esters is 1. The van der Waals surface area contributed by atoms with Crippen molar-refractivity contribution in [2.45, 2.75) is 13.3 Å². The average molecular weight is 238 g/mol. The highest BCUT2D eigenvalue weighted by atomic mass is 16.5. The quantitative estimate of drug-likeness (QED) is 0.419. The smallest absolute Gasteiger partial charge is 0.310 e. The van der Waals surface area contributed by atoms with E-state index in [2.05, 4.69) is 9.47 Å². The maximum Gasteiger partial charge on any atom is 0.310 e. The minimum absolute atomic E-state index is 0.109. The van der Waals surface area contributed by atoms with E-state index < -0.39 is 5.97 Å². The van der Waals surface area contributed by atoms with Crippen molar-refractivity contribution in [3.8, 4) is 17.2 Å². The van der Waals surface area contributed by atoms with E-state index >= 15 is 0 Å². The molecule has 0 radical (unpaired) electrons.